The molecule has 0 saturated carbocycles. The number of aliphatic hydroxyl groups is 1. The van der Waals surface area contributed by atoms with E-state index >= 15 is 0 Å². The van der Waals surface area contributed by atoms with Crippen LogP contribution in [0.4, 0.5) is 0 Å². The van der Waals surface area contributed by atoms with Crippen molar-refractivity contribution >= 4 is 10.8 Å². The molecule has 0 fully saturated rings. The van der Waals surface area contributed by atoms with E-state index in [9.17, 15) is 5.11 Å². The van der Waals surface area contributed by atoms with Crippen LogP contribution >= 0.6 is 0 Å². The molecule has 2 rings (SSSR count). The molecule has 130 valence electrons. The lowest BCUT2D eigenvalue weighted by Crippen LogP contribution is -2.04. The number of rotatable bonds is 7. The van der Waals surface area contributed by atoms with Crippen molar-refractivity contribution in [2.75, 3.05) is 28.4 Å². The molecule has 0 bridgehead atoms. The average molecular weight is 332 g/mol. The van der Waals surface area contributed by atoms with Crippen molar-refractivity contribution in [2.45, 2.75) is 19.4 Å². The van der Waals surface area contributed by atoms with Gasteiger partial charge in [0.05, 0.1) is 40.4 Å². The summed E-state index contributed by atoms with van der Waals surface area (Å²) in [5.74, 6) is 2.35. The predicted octanol–water partition coefficient (Wildman–Crippen LogP) is 3.66. The van der Waals surface area contributed by atoms with Crippen LogP contribution in [0.1, 0.15) is 24.0 Å². The zero-order chi connectivity index (χ0) is 17.9. The summed E-state index contributed by atoms with van der Waals surface area (Å²) in [5, 5.41) is 11.4. The van der Waals surface area contributed by atoms with Crippen LogP contribution < -0.4 is 18.9 Å². The lowest BCUT2D eigenvalue weighted by molar-refractivity contribution is 0.279. The van der Waals surface area contributed by atoms with E-state index in [2.05, 4.69) is 6.58 Å². The van der Waals surface area contributed by atoms with Crippen molar-refractivity contribution in [3.05, 3.63) is 35.9 Å². The van der Waals surface area contributed by atoms with Crippen molar-refractivity contribution in [3.63, 3.8) is 0 Å². The van der Waals surface area contributed by atoms with Gasteiger partial charge in [0.15, 0.2) is 11.5 Å². The molecule has 0 aliphatic carbocycles. The van der Waals surface area contributed by atoms with Gasteiger partial charge in [0.1, 0.15) is 11.5 Å². The Balaban J connectivity index is 3.08. The molecule has 0 amide bonds. The molecule has 0 spiro atoms. The number of allylic oxidation sites excluding steroid dienone is 1. The van der Waals surface area contributed by atoms with Gasteiger partial charge in [-0.05, 0) is 11.6 Å². The van der Waals surface area contributed by atoms with Gasteiger partial charge in [-0.15, -0.1) is 6.58 Å². The largest absolute Gasteiger partial charge is 0.496 e. The Morgan fingerprint density at radius 3 is 2.08 bits per heavy atom. The molecule has 2 aromatic rings. The summed E-state index contributed by atoms with van der Waals surface area (Å²) in [7, 11) is 6.34. The Kier molecular flexibility index (Phi) is 5.57. The second-order valence-electron chi connectivity index (χ2n) is 5.40. The number of hydrogen-bond acceptors (Lipinski definition) is 5. The Morgan fingerprint density at radius 1 is 1.00 bits per heavy atom. The van der Waals surface area contributed by atoms with E-state index < -0.39 is 0 Å². The minimum absolute atomic E-state index is 0.00611. The smallest absolute Gasteiger partial charge is 0.172 e. The number of benzene rings is 2. The summed E-state index contributed by atoms with van der Waals surface area (Å²) in [6, 6.07) is 3.66. The van der Waals surface area contributed by atoms with Crippen LogP contribution in [0.25, 0.3) is 10.8 Å². The summed E-state index contributed by atoms with van der Waals surface area (Å²) in [6.07, 6.45) is 1.81. The van der Waals surface area contributed by atoms with Gasteiger partial charge in [0.25, 0.3) is 0 Å². The van der Waals surface area contributed by atoms with Gasteiger partial charge in [0.2, 0.25) is 0 Å². The van der Waals surface area contributed by atoms with E-state index in [0.29, 0.717) is 23.0 Å². The first-order valence-electron chi connectivity index (χ1n) is 7.63. The van der Waals surface area contributed by atoms with E-state index in [1.165, 1.54) is 0 Å². The molecule has 0 saturated heterocycles. The molecular weight excluding hydrogens is 308 g/mol. The van der Waals surface area contributed by atoms with Crippen LogP contribution in [-0.2, 0) is 6.61 Å². The lowest BCUT2D eigenvalue weighted by Gasteiger charge is -2.22. The first kappa shape index (κ1) is 17.9. The average Bonchev–Trinajstić information content (AvgIpc) is 2.63. The molecule has 0 aliphatic rings. The minimum Gasteiger partial charge on any atom is -0.496 e. The van der Waals surface area contributed by atoms with Crippen LogP contribution in [0.2, 0.25) is 0 Å². The molecule has 0 radical (unpaired) electrons. The fourth-order valence-electron chi connectivity index (χ4n) is 3.02. The first-order valence-corrected chi connectivity index (χ1v) is 7.63. The summed E-state index contributed by atoms with van der Waals surface area (Å²) in [4.78, 5) is 0. The standard InChI is InChI=1S/C19H24O5/c1-7-11(2)16-12(10-20)8-13-14(21-3)9-15(22-4)18(23-5)17(13)19(16)24-6/h7-9,11,20H,1,10H2,2-6H3. The fraction of sp³-hybridized carbons (Fsp3) is 0.368. The fourth-order valence-corrected chi connectivity index (χ4v) is 3.02. The number of hydrogen-bond donors (Lipinski definition) is 1. The Labute approximate surface area is 142 Å². The molecule has 2 aromatic carbocycles. The van der Waals surface area contributed by atoms with Gasteiger partial charge in [-0.1, -0.05) is 13.0 Å². The number of methoxy groups -OCH3 is 4. The van der Waals surface area contributed by atoms with Gasteiger partial charge in [-0.2, -0.15) is 0 Å². The van der Waals surface area contributed by atoms with Crippen molar-refractivity contribution in [1.29, 1.82) is 0 Å². The lowest BCUT2D eigenvalue weighted by atomic mass is 9.90. The monoisotopic (exact) mass is 332 g/mol. The Morgan fingerprint density at radius 2 is 1.62 bits per heavy atom. The molecule has 1 N–H and O–H groups in total. The zero-order valence-electron chi connectivity index (χ0n) is 14.8. The van der Waals surface area contributed by atoms with Crippen LogP contribution in [-0.4, -0.2) is 33.5 Å². The molecule has 24 heavy (non-hydrogen) atoms. The van der Waals surface area contributed by atoms with E-state index in [-0.39, 0.29) is 12.5 Å². The third kappa shape index (κ3) is 2.76. The molecule has 5 nitrogen and oxygen atoms in total. The van der Waals surface area contributed by atoms with Gasteiger partial charge in [0, 0.05) is 22.9 Å². The highest BCUT2D eigenvalue weighted by molar-refractivity contribution is 6.01. The van der Waals surface area contributed by atoms with Crippen LogP contribution in [0.5, 0.6) is 23.0 Å². The third-order valence-electron chi connectivity index (χ3n) is 4.21. The van der Waals surface area contributed by atoms with Crippen molar-refractivity contribution in [2.24, 2.45) is 0 Å². The van der Waals surface area contributed by atoms with Crippen molar-refractivity contribution < 1.29 is 24.1 Å². The summed E-state index contributed by atoms with van der Waals surface area (Å²) in [6.45, 7) is 5.75. The van der Waals surface area contributed by atoms with Crippen LogP contribution in [0, 0.1) is 0 Å². The summed E-state index contributed by atoms with van der Waals surface area (Å²) < 4.78 is 22.2. The zero-order valence-corrected chi connectivity index (χ0v) is 14.8. The predicted molar refractivity (Wildman–Crippen MR) is 94.7 cm³/mol. The van der Waals surface area contributed by atoms with E-state index in [1.807, 2.05) is 19.1 Å². The number of fused-ring (bicyclic) bond motifs is 1. The van der Waals surface area contributed by atoms with E-state index in [4.69, 9.17) is 18.9 Å². The second kappa shape index (κ2) is 7.45. The maximum absolute atomic E-state index is 9.85. The number of aliphatic hydroxyl groups excluding tert-OH is 1. The molecule has 0 heterocycles. The highest BCUT2D eigenvalue weighted by Crippen LogP contribution is 2.49. The van der Waals surface area contributed by atoms with Crippen LogP contribution in [0.3, 0.4) is 0 Å². The first-order chi connectivity index (χ1) is 11.6. The topological polar surface area (TPSA) is 57.2 Å². The summed E-state index contributed by atoms with van der Waals surface area (Å²) >= 11 is 0. The molecule has 1 unspecified atom stereocenters. The molecule has 1 atom stereocenters. The SMILES string of the molecule is C=CC(C)c1c(CO)cc2c(OC)cc(OC)c(OC)c2c1OC. The maximum Gasteiger partial charge on any atom is 0.172 e. The van der Waals surface area contributed by atoms with Gasteiger partial charge in [-0.25, -0.2) is 0 Å². The van der Waals surface area contributed by atoms with Gasteiger partial charge < -0.3 is 24.1 Å². The van der Waals surface area contributed by atoms with Gasteiger partial charge >= 0.3 is 0 Å². The number of ether oxygens (including phenoxy) is 4. The molecule has 0 aromatic heterocycles. The molecule has 0 aliphatic heterocycles. The second-order valence-corrected chi connectivity index (χ2v) is 5.40. The van der Waals surface area contributed by atoms with E-state index in [1.54, 1.807) is 34.5 Å². The summed E-state index contributed by atoms with van der Waals surface area (Å²) in [5.41, 5.74) is 1.63. The van der Waals surface area contributed by atoms with Crippen molar-refractivity contribution in [3.8, 4) is 23.0 Å². The highest BCUT2D eigenvalue weighted by Gasteiger charge is 2.24. The maximum atomic E-state index is 9.85. The highest BCUT2D eigenvalue weighted by atomic mass is 16.5. The quantitative estimate of drug-likeness (QED) is 0.784. The molecule has 5 heteroatoms. The van der Waals surface area contributed by atoms with Crippen molar-refractivity contribution in [1.82, 2.24) is 0 Å². The van der Waals surface area contributed by atoms with E-state index in [0.717, 1.165) is 21.9 Å². The minimum atomic E-state index is -0.114. The third-order valence-corrected chi connectivity index (χ3v) is 4.21. The Hall–Kier alpha value is -2.40. The van der Waals surface area contributed by atoms with Crippen LogP contribution in [0.15, 0.2) is 24.8 Å². The molecular formula is C19H24O5. The van der Waals surface area contributed by atoms with Gasteiger partial charge in [-0.3, -0.25) is 0 Å². The Bertz CT molecular complexity index is 751. The normalized spacial score (nSPS) is 11.9.